The Morgan fingerprint density at radius 1 is 0.909 bits per heavy atom. The predicted octanol–water partition coefficient (Wildman–Crippen LogP) is 4.26. The Bertz CT molecular complexity index is 323. The topological polar surface area (TPSA) is 74.6 Å². The zero-order valence-corrected chi connectivity index (χ0v) is 13.9. The fourth-order valence-corrected chi connectivity index (χ4v) is 2.25. The summed E-state index contributed by atoms with van der Waals surface area (Å²) in [4.78, 5) is 22.0. The molecule has 0 fully saturated rings. The standard InChI is InChI=1S/C18H32O4/c1-2-3-8-11-16(19)14-15-17(20)12-9-6-4-5-7-10-13-18(21)22/h4,6,16,19H,2-3,5,7-15H2,1H3,(H,21,22)/b6-4-. The number of hydrogen-bond donors (Lipinski definition) is 2. The van der Waals surface area contributed by atoms with Crippen LogP contribution in [0.4, 0.5) is 0 Å². The van der Waals surface area contributed by atoms with Crippen LogP contribution in [0, 0.1) is 0 Å². The van der Waals surface area contributed by atoms with Gasteiger partial charge < -0.3 is 10.2 Å². The van der Waals surface area contributed by atoms with E-state index in [-0.39, 0.29) is 18.3 Å². The SMILES string of the molecule is CCCCCC(O)CCC(=O)CC/C=C\CCCCC(=O)O. The molecule has 1 unspecified atom stereocenters. The Morgan fingerprint density at radius 3 is 2.32 bits per heavy atom. The lowest BCUT2D eigenvalue weighted by molar-refractivity contribution is -0.137. The number of Topliss-reactive ketones (excluding diaryl/α,β-unsaturated/α-hetero) is 1. The maximum absolute atomic E-state index is 11.7. The Hall–Kier alpha value is -1.16. The number of carbonyl (C=O) groups is 2. The molecule has 22 heavy (non-hydrogen) atoms. The molecular weight excluding hydrogens is 280 g/mol. The second-order valence-corrected chi connectivity index (χ2v) is 5.88. The molecule has 0 aromatic rings. The van der Waals surface area contributed by atoms with Gasteiger partial charge in [0.25, 0.3) is 0 Å². The molecule has 2 N–H and O–H groups in total. The minimum atomic E-state index is -0.744. The van der Waals surface area contributed by atoms with Crippen LogP contribution in [0.3, 0.4) is 0 Å². The molecule has 4 nitrogen and oxygen atoms in total. The van der Waals surface area contributed by atoms with Gasteiger partial charge in [0.1, 0.15) is 5.78 Å². The van der Waals surface area contributed by atoms with E-state index in [1.54, 1.807) is 0 Å². The van der Waals surface area contributed by atoms with Crippen molar-refractivity contribution < 1.29 is 19.8 Å². The van der Waals surface area contributed by atoms with E-state index in [2.05, 4.69) is 6.92 Å². The van der Waals surface area contributed by atoms with E-state index < -0.39 is 5.97 Å². The zero-order chi connectivity index (χ0) is 16.6. The number of unbranched alkanes of at least 4 members (excludes halogenated alkanes) is 4. The van der Waals surface area contributed by atoms with E-state index in [1.165, 1.54) is 0 Å². The molecule has 0 bridgehead atoms. The summed E-state index contributed by atoms with van der Waals surface area (Å²) in [6.45, 7) is 2.13. The smallest absolute Gasteiger partial charge is 0.303 e. The van der Waals surface area contributed by atoms with Gasteiger partial charge in [-0.25, -0.2) is 0 Å². The van der Waals surface area contributed by atoms with E-state index in [0.717, 1.165) is 44.9 Å². The van der Waals surface area contributed by atoms with E-state index in [4.69, 9.17) is 5.11 Å². The quantitative estimate of drug-likeness (QED) is 0.350. The monoisotopic (exact) mass is 312 g/mol. The van der Waals surface area contributed by atoms with Crippen LogP contribution >= 0.6 is 0 Å². The third-order valence-corrected chi connectivity index (χ3v) is 3.67. The van der Waals surface area contributed by atoms with Crippen molar-refractivity contribution >= 4 is 11.8 Å². The summed E-state index contributed by atoms with van der Waals surface area (Å²) >= 11 is 0. The maximum atomic E-state index is 11.7. The van der Waals surface area contributed by atoms with Crippen molar-refractivity contribution in [1.82, 2.24) is 0 Å². The van der Waals surface area contributed by atoms with Crippen LogP contribution in [0.25, 0.3) is 0 Å². The number of hydrogen-bond acceptors (Lipinski definition) is 3. The molecular formula is C18H32O4. The summed E-state index contributed by atoms with van der Waals surface area (Å²) in [5.74, 6) is -0.531. The number of rotatable bonds is 15. The van der Waals surface area contributed by atoms with Gasteiger partial charge in [0, 0.05) is 19.3 Å². The van der Waals surface area contributed by atoms with Gasteiger partial charge >= 0.3 is 5.97 Å². The molecule has 0 aromatic carbocycles. The second-order valence-electron chi connectivity index (χ2n) is 5.88. The molecule has 0 amide bonds. The van der Waals surface area contributed by atoms with Crippen LogP contribution in [0.1, 0.15) is 84.0 Å². The fraction of sp³-hybridized carbons (Fsp3) is 0.778. The average molecular weight is 312 g/mol. The number of carboxylic acids is 1. The van der Waals surface area contributed by atoms with E-state index in [1.807, 2.05) is 12.2 Å². The first-order valence-corrected chi connectivity index (χ1v) is 8.62. The van der Waals surface area contributed by atoms with Crippen LogP contribution in [0.2, 0.25) is 0 Å². The number of ketones is 1. The first-order chi connectivity index (χ1) is 10.6. The van der Waals surface area contributed by atoms with Gasteiger partial charge in [-0.15, -0.1) is 0 Å². The van der Waals surface area contributed by atoms with Gasteiger partial charge in [0.2, 0.25) is 0 Å². The van der Waals surface area contributed by atoms with Gasteiger partial charge in [0.15, 0.2) is 0 Å². The number of aliphatic hydroxyl groups excluding tert-OH is 1. The van der Waals surface area contributed by atoms with Crippen LogP contribution < -0.4 is 0 Å². The summed E-state index contributed by atoms with van der Waals surface area (Å²) in [5.41, 5.74) is 0. The molecule has 0 aliphatic carbocycles. The van der Waals surface area contributed by atoms with Gasteiger partial charge in [-0.3, -0.25) is 9.59 Å². The Balaban J connectivity index is 3.46. The summed E-state index contributed by atoms with van der Waals surface area (Å²) in [6, 6.07) is 0. The number of aliphatic carboxylic acids is 1. The highest BCUT2D eigenvalue weighted by molar-refractivity contribution is 5.78. The van der Waals surface area contributed by atoms with E-state index in [9.17, 15) is 14.7 Å². The molecule has 0 saturated heterocycles. The lowest BCUT2D eigenvalue weighted by atomic mass is 10.0. The Labute approximate surface area is 134 Å². The molecule has 0 aliphatic rings. The van der Waals surface area contributed by atoms with Crippen molar-refractivity contribution in [2.45, 2.75) is 90.1 Å². The highest BCUT2D eigenvalue weighted by Crippen LogP contribution is 2.10. The molecule has 0 spiro atoms. The third kappa shape index (κ3) is 15.2. The number of allylic oxidation sites excluding steroid dienone is 2. The highest BCUT2D eigenvalue weighted by atomic mass is 16.4. The minimum absolute atomic E-state index is 0.213. The van der Waals surface area contributed by atoms with Crippen molar-refractivity contribution in [3.8, 4) is 0 Å². The van der Waals surface area contributed by atoms with Crippen LogP contribution in [0.5, 0.6) is 0 Å². The molecule has 0 radical (unpaired) electrons. The largest absolute Gasteiger partial charge is 0.481 e. The van der Waals surface area contributed by atoms with E-state index in [0.29, 0.717) is 25.7 Å². The fourth-order valence-electron chi connectivity index (χ4n) is 2.25. The summed E-state index contributed by atoms with van der Waals surface area (Å²) in [7, 11) is 0. The summed E-state index contributed by atoms with van der Waals surface area (Å²) in [6.07, 6.45) is 12.8. The highest BCUT2D eigenvalue weighted by Gasteiger charge is 2.07. The number of carboxylic acid groups (broad SMARTS) is 1. The average Bonchev–Trinajstić information content (AvgIpc) is 2.47. The van der Waals surface area contributed by atoms with Crippen molar-refractivity contribution in [3.63, 3.8) is 0 Å². The molecule has 4 heteroatoms. The van der Waals surface area contributed by atoms with Gasteiger partial charge in [0.05, 0.1) is 6.10 Å². The minimum Gasteiger partial charge on any atom is -0.481 e. The molecule has 0 aliphatic heterocycles. The maximum Gasteiger partial charge on any atom is 0.303 e. The van der Waals surface area contributed by atoms with Crippen molar-refractivity contribution in [2.24, 2.45) is 0 Å². The number of carbonyl (C=O) groups excluding carboxylic acids is 1. The molecule has 0 aromatic heterocycles. The second kappa shape index (κ2) is 14.8. The summed E-state index contributed by atoms with van der Waals surface area (Å²) in [5, 5.41) is 18.2. The van der Waals surface area contributed by atoms with Crippen LogP contribution in [-0.2, 0) is 9.59 Å². The molecule has 0 rings (SSSR count). The molecule has 1 atom stereocenters. The Morgan fingerprint density at radius 2 is 1.64 bits per heavy atom. The van der Waals surface area contributed by atoms with Crippen LogP contribution in [-0.4, -0.2) is 28.1 Å². The van der Waals surface area contributed by atoms with Gasteiger partial charge in [-0.2, -0.15) is 0 Å². The molecule has 0 heterocycles. The predicted molar refractivity (Wildman–Crippen MR) is 88.9 cm³/mol. The zero-order valence-electron chi connectivity index (χ0n) is 13.9. The third-order valence-electron chi connectivity index (χ3n) is 3.67. The van der Waals surface area contributed by atoms with Crippen molar-refractivity contribution in [2.75, 3.05) is 0 Å². The van der Waals surface area contributed by atoms with E-state index >= 15 is 0 Å². The lowest BCUT2D eigenvalue weighted by Gasteiger charge is -2.09. The van der Waals surface area contributed by atoms with Crippen LogP contribution in [0.15, 0.2) is 12.2 Å². The first kappa shape index (κ1) is 20.8. The number of aliphatic hydroxyl groups is 1. The van der Waals surface area contributed by atoms with Gasteiger partial charge in [-0.1, -0.05) is 38.3 Å². The normalized spacial score (nSPS) is 12.6. The van der Waals surface area contributed by atoms with Gasteiger partial charge in [-0.05, 0) is 38.5 Å². The first-order valence-electron chi connectivity index (χ1n) is 8.62. The Kier molecular flexibility index (Phi) is 14.0. The van der Waals surface area contributed by atoms with Crippen molar-refractivity contribution in [1.29, 1.82) is 0 Å². The molecule has 128 valence electrons. The molecule has 0 saturated carbocycles. The summed E-state index contributed by atoms with van der Waals surface area (Å²) < 4.78 is 0. The van der Waals surface area contributed by atoms with Crippen molar-refractivity contribution in [3.05, 3.63) is 12.2 Å². The lowest BCUT2D eigenvalue weighted by Crippen LogP contribution is -2.09.